The van der Waals surface area contributed by atoms with Crippen LogP contribution in [0.25, 0.3) is 0 Å². The maximum Gasteiger partial charge on any atom is 0.305 e. The molecule has 5 heteroatoms. The maximum atomic E-state index is 12.5. The molecule has 0 aliphatic carbocycles. The normalized spacial score (nSPS) is 19.9. The number of rotatable bonds is 4. The Morgan fingerprint density at radius 1 is 1.50 bits per heavy atom. The van der Waals surface area contributed by atoms with E-state index in [1.54, 1.807) is 17.0 Å². The summed E-state index contributed by atoms with van der Waals surface area (Å²) in [6.07, 6.45) is 1.65. The fourth-order valence-corrected chi connectivity index (χ4v) is 2.91. The zero-order valence-corrected chi connectivity index (χ0v) is 12.1. The summed E-state index contributed by atoms with van der Waals surface area (Å²) >= 11 is 5.95. The van der Waals surface area contributed by atoms with E-state index < -0.39 is 5.97 Å². The zero-order chi connectivity index (χ0) is 14.7. The van der Waals surface area contributed by atoms with E-state index in [0.29, 0.717) is 11.6 Å². The molecule has 20 heavy (non-hydrogen) atoms. The molecule has 1 N–H and O–H groups in total. The highest BCUT2D eigenvalue weighted by Gasteiger charge is 2.33. The van der Waals surface area contributed by atoms with Crippen LogP contribution >= 0.6 is 11.6 Å². The molecule has 1 aliphatic rings. The molecule has 0 saturated carbocycles. The SMILES string of the molecule is CC(C(=O)N1CCCC1CC(=O)O)c1cccc(Cl)c1. The number of carboxylic acid groups (broad SMARTS) is 1. The van der Waals surface area contributed by atoms with Gasteiger partial charge in [0.2, 0.25) is 5.91 Å². The monoisotopic (exact) mass is 295 g/mol. The smallest absolute Gasteiger partial charge is 0.305 e. The van der Waals surface area contributed by atoms with Gasteiger partial charge in [0.15, 0.2) is 0 Å². The molecule has 1 saturated heterocycles. The highest BCUT2D eigenvalue weighted by atomic mass is 35.5. The molecule has 2 rings (SSSR count). The van der Waals surface area contributed by atoms with Gasteiger partial charge in [-0.25, -0.2) is 0 Å². The van der Waals surface area contributed by atoms with Crippen molar-refractivity contribution in [1.29, 1.82) is 0 Å². The number of aliphatic carboxylic acids is 1. The number of nitrogens with zero attached hydrogens (tertiary/aromatic N) is 1. The van der Waals surface area contributed by atoms with Crippen molar-refractivity contribution < 1.29 is 14.7 Å². The number of carboxylic acids is 1. The molecular formula is C15H18ClNO3. The Bertz CT molecular complexity index is 518. The highest BCUT2D eigenvalue weighted by molar-refractivity contribution is 6.30. The minimum atomic E-state index is -0.856. The third-order valence-electron chi connectivity index (χ3n) is 3.79. The first kappa shape index (κ1) is 14.9. The van der Waals surface area contributed by atoms with Crippen LogP contribution in [0.2, 0.25) is 5.02 Å². The molecule has 2 atom stereocenters. The minimum Gasteiger partial charge on any atom is -0.481 e. The number of hydrogen-bond acceptors (Lipinski definition) is 2. The Labute approximate surface area is 123 Å². The van der Waals surface area contributed by atoms with Gasteiger partial charge in [-0.3, -0.25) is 9.59 Å². The molecule has 1 heterocycles. The molecular weight excluding hydrogens is 278 g/mol. The number of carbonyl (C=O) groups is 2. The summed E-state index contributed by atoms with van der Waals surface area (Å²) in [5.74, 6) is -1.18. The number of hydrogen-bond donors (Lipinski definition) is 1. The second-order valence-electron chi connectivity index (χ2n) is 5.20. The van der Waals surface area contributed by atoms with Crippen molar-refractivity contribution in [2.45, 2.75) is 38.1 Å². The van der Waals surface area contributed by atoms with Crippen molar-refractivity contribution in [3.63, 3.8) is 0 Å². The maximum absolute atomic E-state index is 12.5. The Hall–Kier alpha value is -1.55. The molecule has 1 aliphatic heterocycles. The molecule has 0 bridgehead atoms. The largest absolute Gasteiger partial charge is 0.481 e. The molecule has 108 valence electrons. The first-order chi connectivity index (χ1) is 9.49. The van der Waals surface area contributed by atoms with Gasteiger partial charge in [0.05, 0.1) is 12.3 Å². The topological polar surface area (TPSA) is 57.6 Å². The summed E-state index contributed by atoms with van der Waals surface area (Å²) in [5.41, 5.74) is 0.864. The third-order valence-corrected chi connectivity index (χ3v) is 4.02. The average Bonchev–Trinajstić information content (AvgIpc) is 2.84. The average molecular weight is 296 g/mol. The zero-order valence-electron chi connectivity index (χ0n) is 11.4. The predicted octanol–water partition coefficient (Wildman–Crippen LogP) is 2.91. The van der Waals surface area contributed by atoms with E-state index in [2.05, 4.69) is 0 Å². The fraction of sp³-hybridized carbons (Fsp3) is 0.467. The Balaban J connectivity index is 2.11. The van der Waals surface area contributed by atoms with Crippen LogP contribution in [0.3, 0.4) is 0 Å². The van der Waals surface area contributed by atoms with Crippen molar-refractivity contribution in [2.24, 2.45) is 0 Å². The number of benzene rings is 1. The van der Waals surface area contributed by atoms with Crippen LogP contribution in [0.15, 0.2) is 24.3 Å². The van der Waals surface area contributed by atoms with E-state index in [9.17, 15) is 9.59 Å². The highest BCUT2D eigenvalue weighted by Crippen LogP contribution is 2.27. The molecule has 0 spiro atoms. The van der Waals surface area contributed by atoms with Crippen LogP contribution in [-0.2, 0) is 9.59 Å². The first-order valence-electron chi connectivity index (χ1n) is 6.76. The number of carbonyl (C=O) groups excluding carboxylic acids is 1. The summed E-state index contributed by atoms with van der Waals surface area (Å²) in [6.45, 7) is 2.48. The Morgan fingerprint density at radius 2 is 2.25 bits per heavy atom. The van der Waals surface area contributed by atoms with Gasteiger partial charge < -0.3 is 10.0 Å². The van der Waals surface area contributed by atoms with Gasteiger partial charge in [-0.05, 0) is 37.5 Å². The van der Waals surface area contributed by atoms with E-state index in [0.717, 1.165) is 18.4 Å². The number of amides is 1. The summed E-state index contributed by atoms with van der Waals surface area (Å²) in [7, 11) is 0. The lowest BCUT2D eigenvalue weighted by atomic mass is 9.99. The van der Waals surface area contributed by atoms with Gasteiger partial charge in [-0.1, -0.05) is 23.7 Å². The van der Waals surface area contributed by atoms with Crippen molar-refractivity contribution in [3.8, 4) is 0 Å². The molecule has 1 aromatic carbocycles. The van der Waals surface area contributed by atoms with E-state index in [4.69, 9.17) is 16.7 Å². The van der Waals surface area contributed by atoms with Gasteiger partial charge in [0.1, 0.15) is 0 Å². The minimum absolute atomic E-state index is 0.0176. The molecule has 2 unspecified atom stereocenters. The summed E-state index contributed by atoms with van der Waals surface area (Å²) in [6, 6.07) is 7.07. The standard InChI is InChI=1S/C15H18ClNO3/c1-10(11-4-2-5-12(16)8-11)15(20)17-7-3-6-13(17)9-14(18)19/h2,4-5,8,10,13H,3,6-7,9H2,1H3,(H,18,19). The summed E-state index contributed by atoms with van der Waals surface area (Å²) in [5, 5.41) is 9.51. The molecule has 0 radical (unpaired) electrons. The lowest BCUT2D eigenvalue weighted by molar-refractivity contribution is -0.140. The van der Waals surface area contributed by atoms with Gasteiger partial charge in [-0.2, -0.15) is 0 Å². The second kappa shape index (κ2) is 6.27. The third kappa shape index (κ3) is 3.31. The summed E-state index contributed by atoms with van der Waals surface area (Å²) in [4.78, 5) is 25.1. The number of halogens is 1. The van der Waals surface area contributed by atoms with Gasteiger partial charge in [0, 0.05) is 17.6 Å². The molecule has 1 amide bonds. The first-order valence-corrected chi connectivity index (χ1v) is 7.14. The predicted molar refractivity (Wildman–Crippen MR) is 76.9 cm³/mol. The fourth-order valence-electron chi connectivity index (χ4n) is 2.71. The van der Waals surface area contributed by atoms with Gasteiger partial charge in [0.25, 0.3) is 0 Å². The lowest BCUT2D eigenvalue weighted by Gasteiger charge is -2.26. The van der Waals surface area contributed by atoms with Crippen molar-refractivity contribution in [3.05, 3.63) is 34.9 Å². The van der Waals surface area contributed by atoms with Crippen LogP contribution in [0.1, 0.15) is 37.7 Å². The summed E-state index contributed by atoms with van der Waals surface area (Å²) < 4.78 is 0. The van der Waals surface area contributed by atoms with Crippen molar-refractivity contribution in [2.75, 3.05) is 6.54 Å². The van der Waals surface area contributed by atoms with E-state index in [1.807, 2.05) is 19.1 Å². The second-order valence-corrected chi connectivity index (χ2v) is 5.64. The van der Waals surface area contributed by atoms with Crippen LogP contribution in [0, 0.1) is 0 Å². The van der Waals surface area contributed by atoms with E-state index in [1.165, 1.54) is 0 Å². The lowest BCUT2D eigenvalue weighted by Crippen LogP contribution is -2.39. The van der Waals surface area contributed by atoms with Crippen LogP contribution < -0.4 is 0 Å². The van der Waals surface area contributed by atoms with Gasteiger partial charge in [-0.15, -0.1) is 0 Å². The van der Waals surface area contributed by atoms with Crippen molar-refractivity contribution in [1.82, 2.24) is 4.90 Å². The van der Waals surface area contributed by atoms with E-state index in [-0.39, 0.29) is 24.3 Å². The van der Waals surface area contributed by atoms with Crippen molar-refractivity contribution >= 4 is 23.5 Å². The quantitative estimate of drug-likeness (QED) is 0.929. The van der Waals surface area contributed by atoms with Crippen LogP contribution in [0.5, 0.6) is 0 Å². The molecule has 1 fully saturated rings. The molecule has 1 aromatic rings. The van der Waals surface area contributed by atoms with Crippen LogP contribution in [-0.4, -0.2) is 34.5 Å². The Kier molecular flexibility index (Phi) is 4.65. The molecule has 4 nitrogen and oxygen atoms in total. The Morgan fingerprint density at radius 3 is 2.90 bits per heavy atom. The van der Waals surface area contributed by atoms with E-state index >= 15 is 0 Å². The van der Waals surface area contributed by atoms with Gasteiger partial charge >= 0.3 is 5.97 Å². The van der Waals surface area contributed by atoms with Crippen LogP contribution in [0.4, 0.5) is 0 Å². The molecule has 0 aromatic heterocycles. The number of likely N-dealkylation sites (tertiary alicyclic amines) is 1.